The number of amides is 2. The van der Waals surface area contributed by atoms with Gasteiger partial charge in [0.25, 0.3) is 11.8 Å². The van der Waals surface area contributed by atoms with Crippen LogP contribution < -0.4 is 20.2 Å². The lowest BCUT2D eigenvalue weighted by Gasteiger charge is -2.13. The second kappa shape index (κ2) is 9.82. The van der Waals surface area contributed by atoms with Gasteiger partial charge in [0.15, 0.2) is 5.76 Å². The van der Waals surface area contributed by atoms with Gasteiger partial charge in [-0.05, 0) is 51.0 Å². The molecule has 1 heterocycles. The molecule has 2 aromatic carbocycles. The van der Waals surface area contributed by atoms with E-state index in [1.807, 2.05) is 26.0 Å². The van der Waals surface area contributed by atoms with Gasteiger partial charge in [0, 0.05) is 29.2 Å². The fourth-order valence-corrected chi connectivity index (χ4v) is 3.97. The number of anilines is 1. The van der Waals surface area contributed by atoms with Crippen LogP contribution in [0.1, 0.15) is 56.2 Å². The number of rotatable bonds is 6. The van der Waals surface area contributed by atoms with Gasteiger partial charge in [-0.15, -0.1) is 0 Å². The van der Waals surface area contributed by atoms with Gasteiger partial charge < -0.3 is 19.2 Å². The first-order chi connectivity index (χ1) is 16.4. The molecule has 1 aromatic heterocycles. The molecule has 0 saturated heterocycles. The van der Waals surface area contributed by atoms with Gasteiger partial charge in [0.1, 0.15) is 17.3 Å². The molecule has 8 heteroatoms. The van der Waals surface area contributed by atoms with Gasteiger partial charge >= 0.3 is 0 Å². The molecule has 0 radical (unpaired) electrons. The van der Waals surface area contributed by atoms with Gasteiger partial charge in [0.05, 0.1) is 25.6 Å². The van der Waals surface area contributed by atoms with Crippen molar-refractivity contribution >= 4 is 23.2 Å². The summed E-state index contributed by atoms with van der Waals surface area (Å²) in [5, 5.41) is 7.23. The number of methoxy groups -OCH3 is 2. The van der Waals surface area contributed by atoms with E-state index < -0.39 is 5.91 Å². The van der Waals surface area contributed by atoms with Crippen LogP contribution in [-0.2, 0) is 6.42 Å². The third kappa shape index (κ3) is 4.66. The Labute approximate surface area is 197 Å². The summed E-state index contributed by atoms with van der Waals surface area (Å²) in [6.07, 6.45) is 2.18. The zero-order chi connectivity index (χ0) is 24.2. The van der Waals surface area contributed by atoms with Crippen LogP contribution in [0.25, 0.3) is 0 Å². The fraction of sp³-hybridized carbons (Fsp3) is 0.269. The van der Waals surface area contributed by atoms with E-state index in [0.29, 0.717) is 52.6 Å². The number of carbonyl (C=O) groups excluding carboxylic acids is 2. The second-order valence-electron chi connectivity index (χ2n) is 8.09. The highest BCUT2D eigenvalue weighted by atomic mass is 16.5. The third-order valence-electron chi connectivity index (χ3n) is 5.79. The number of benzene rings is 2. The van der Waals surface area contributed by atoms with Crippen LogP contribution in [0.15, 0.2) is 52.0 Å². The highest BCUT2D eigenvalue weighted by Gasteiger charge is 2.28. The van der Waals surface area contributed by atoms with E-state index in [1.54, 1.807) is 37.4 Å². The smallest absolute Gasteiger partial charge is 0.291 e. The molecule has 176 valence electrons. The van der Waals surface area contributed by atoms with Gasteiger partial charge in [0.2, 0.25) is 0 Å². The van der Waals surface area contributed by atoms with Crippen LogP contribution in [0.4, 0.5) is 5.69 Å². The molecule has 0 bridgehead atoms. The van der Waals surface area contributed by atoms with Crippen molar-refractivity contribution in [3.05, 3.63) is 76.2 Å². The highest BCUT2D eigenvalue weighted by molar-refractivity contribution is 6.10. The fourth-order valence-electron chi connectivity index (χ4n) is 3.97. The predicted molar refractivity (Wildman–Crippen MR) is 129 cm³/mol. The maximum absolute atomic E-state index is 13.1. The van der Waals surface area contributed by atoms with Gasteiger partial charge in [-0.1, -0.05) is 17.7 Å². The molecular weight excluding hydrogens is 434 g/mol. The average Bonchev–Trinajstić information content (AvgIpc) is 3.20. The van der Waals surface area contributed by atoms with Gasteiger partial charge in [-0.3, -0.25) is 9.59 Å². The molecule has 0 fully saturated rings. The number of carbonyl (C=O) groups is 2. The summed E-state index contributed by atoms with van der Waals surface area (Å²) >= 11 is 0. The van der Waals surface area contributed by atoms with E-state index in [2.05, 4.69) is 15.8 Å². The first kappa shape index (κ1) is 23.1. The lowest BCUT2D eigenvalue weighted by molar-refractivity contribution is 0.0953. The van der Waals surface area contributed by atoms with Crippen LogP contribution in [0.2, 0.25) is 0 Å². The van der Waals surface area contributed by atoms with Crippen LogP contribution in [-0.4, -0.2) is 31.7 Å². The summed E-state index contributed by atoms with van der Waals surface area (Å²) in [4.78, 5) is 25.6. The van der Waals surface area contributed by atoms with Gasteiger partial charge in [-0.25, -0.2) is 5.43 Å². The Bertz CT molecular complexity index is 1260. The number of hydrogen-bond acceptors (Lipinski definition) is 6. The Morgan fingerprint density at radius 3 is 2.44 bits per heavy atom. The van der Waals surface area contributed by atoms with Crippen molar-refractivity contribution in [3.8, 4) is 11.5 Å². The lowest BCUT2D eigenvalue weighted by Crippen LogP contribution is -2.22. The zero-order valence-electron chi connectivity index (χ0n) is 19.7. The SMILES string of the molecule is COc1ccc(NC(=O)c2oc3c(c2C)/C(=N/NC(=O)c2ccc(C)cc2)CCC3)c(OC)c1. The first-order valence-corrected chi connectivity index (χ1v) is 11.0. The summed E-state index contributed by atoms with van der Waals surface area (Å²) in [5.74, 6) is 1.32. The van der Waals surface area contributed by atoms with Crippen LogP contribution in [0, 0.1) is 13.8 Å². The number of furan rings is 1. The molecule has 0 atom stereocenters. The quantitative estimate of drug-likeness (QED) is 0.521. The zero-order valence-corrected chi connectivity index (χ0v) is 19.7. The van der Waals surface area contributed by atoms with Crippen molar-refractivity contribution in [2.45, 2.75) is 33.1 Å². The van der Waals surface area contributed by atoms with Crippen molar-refractivity contribution in [3.63, 3.8) is 0 Å². The molecule has 2 N–H and O–H groups in total. The molecule has 0 spiro atoms. The highest BCUT2D eigenvalue weighted by Crippen LogP contribution is 2.32. The minimum Gasteiger partial charge on any atom is -0.497 e. The monoisotopic (exact) mass is 461 g/mol. The largest absolute Gasteiger partial charge is 0.497 e. The van der Waals surface area contributed by atoms with Crippen LogP contribution >= 0.6 is 0 Å². The van der Waals surface area contributed by atoms with Gasteiger partial charge in [-0.2, -0.15) is 5.10 Å². The lowest BCUT2D eigenvalue weighted by atomic mass is 9.93. The second-order valence-corrected chi connectivity index (χ2v) is 8.09. The topological polar surface area (TPSA) is 102 Å². The summed E-state index contributed by atoms with van der Waals surface area (Å²) in [6, 6.07) is 12.4. The Hall–Kier alpha value is -4.07. The van der Waals surface area contributed by atoms with Crippen molar-refractivity contribution in [1.29, 1.82) is 0 Å². The minimum atomic E-state index is -0.390. The molecule has 4 rings (SSSR count). The Balaban J connectivity index is 1.56. The van der Waals surface area contributed by atoms with Crippen LogP contribution in [0.3, 0.4) is 0 Å². The van der Waals surface area contributed by atoms with Crippen molar-refractivity contribution in [1.82, 2.24) is 5.43 Å². The molecule has 1 aliphatic rings. The molecule has 3 aromatic rings. The van der Waals surface area contributed by atoms with E-state index in [0.717, 1.165) is 17.5 Å². The number of aryl methyl sites for hydroxylation is 2. The van der Waals surface area contributed by atoms with Crippen molar-refractivity contribution in [2.75, 3.05) is 19.5 Å². The first-order valence-electron chi connectivity index (χ1n) is 11.0. The Morgan fingerprint density at radius 1 is 0.971 bits per heavy atom. The average molecular weight is 462 g/mol. The number of hydrazone groups is 1. The third-order valence-corrected chi connectivity index (χ3v) is 5.79. The van der Waals surface area contributed by atoms with Crippen molar-refractivity contribution < 1.29 is 23.5 Å². The summed E-state index contributed by atoms with van der Waals surface area (Å²) in [5.41, 5.74) is 6.91. The standard InChI is InChI=1S/C26H27N3O5/c1-15-8-10-17(11-9-15)25(30)29-28-20-6-5-7-21-23(20)16(2)24(34-21)26(31)27-19-13-12-18(32-3)14-22(19)33-4/h8-14H,5-7H2,1-4H3,(H,27,31)(H,29,30)/b28-20+. The molecule has 0 aliphatic heterocycles. The molecule has 34 heavy (non-hydrogen) atoms. The normalized spacial score (nSPS) is 13.8. The minimum absolute atomic E-state index is 0.210. The number of fused-ring (bicyclic) bond motifs is 1. The number of hydrogen-bond donors (Lipinski definition) is 2. The molecule has 1 aliphatic carbocycles. The Morgan fingerprint density at radius 2 is 1.74 bits per heavy atom. The molecule has 2 amide bonds. The van der Waals surface area contributed by atoms with E-state index in [1.165, 1.54) is 7.11 Å². The van der Waals surface area contributed by atoms with E-state index in [9.17, 15) is 9.59 Å². The van der Waals surface area contributed by atoms with Crippen LogP contribution in [0.5, 0.6) is 11.5 Å². The number of nitrogens with zero attached hydrogens (tertiary/aromatic N) is 1. The maximum atomic E-state index is 13.1. The molecular formula is C26H27N3O5. The summed E-state index contributed by atoms with van der Waals surface area (Å²) < 4.78 is 16.5. The van der Waals surface area contributed by atoms with Crippen molar-refractivity contribution in [2.24, 2.45) is 5.10 Å². The maximum Gasteiger partial charge on any atom is 0.291 e. The number of ether oxygens (including phenoxy) is 2. The summed E-state index contributed by atoms with van der Waals surface area (Å²) in [7, 11) is 3.08. The summed E-state index contributed by atoms with van der Waals surface area (Å²) in [6.45, 7) is 3.79. The molecule has 0 unspecified atom stereocenters. The predicted octanol–water partition coefficient (Wildman–Crippen LogP) is 4.64. The number of nitrogens with one attached hydrogen (secondary N) is 2. The van der Waals surface area contributed by atoms with E-state index in [4.69, 9.17) is 13.9 Å². The van der Waals surface area contributed by atoms with E-state index >= 15 is 0 Å². The molecule has 8 nitrogen and oxygen atoms in total. The van der Waals surface area contributed by atoms with E-state index in [-0.39, 0.29) is 11.7 Å². The molecule has 0 saturated carbocycles. The Kier molecular flexibility index (Phi) is 6.67.